The van der Waals surface area contributed by atoms with Crippen LogP contribution in [0.25, 0.3) is 10.9 Å². The molecule has 0 spiro atoms. The summed E-state index contributed by atoms with van der Waals surface area (Å²) in [6, 6.07) is 10.00. The van der Waals surface area contributed by atoms with Crippen LogP contribution < -0.4 is 5.32 Å². The van der Waals surface area contributed by atoms with Crippen molar-refractivity contribution in [3.8, 4) is 0 Å². The van der Waals surface area contributed by atoms with E-state index in [4.69, 9.17) is 13.9 Å². The minimum absolute atomic E-state index is 0.170. The summed E-state index contributed by atoms with van der Waals surface area (Å²) < 4.78 is 15.2. The van der Waals surface area contributed by atoms with Crippen LogP contribution in [-0.4, -0.2) is 31.1 Å². The SMILES string of the molecule is COCc1ccc(C(=O)Nc2cc(C)nc3ccc(C(=O)OC)cc23)o1. The Morgan fingerprint density at radius 1 is 1.15 bits per heavy atom. The standard InChI is InChI=1S/C19H18N2O5/c1-11-8-16(21-18(22)17-7-5-13(26-17)10-24-2)14-9-12(19(23)25-3)4-6-15(14)20-11/h4-9H,10H2,1-3H3,(H,20,21,22). The summed E-state index contributed by atoms with van der Waals surface area (Å²) in [6.45, 7) is 2.11. The molecule has 3 aromatic rings. The van der Waals surface area contributed by atoms with E-state index in [-0.39, 0.29) is 12.4 Å². The Hall–Kier alpha value is -3.19. The van der Waals surface area contributed by atoms with E-state index in [2.05, 4.69) is 10.3 Å². The molecule has 7 heteroatoms. The highest BCUT2D eigenvalue weighted by atomic mass is 16.5. The molecule has 26 heavy (non-hydrogen) atoms. The lowest BCUT2D eigenvalue weighted by molar-refractivity contribution is 0.0601. The van der Waals surface area contributed by atoms with E-state index in [0.29, 0.717) is 27.9 Å². The van der Waals surface area contributed by atoms with Crippen LogP contribution in [0, 0.1) is 6.92 Å². The zero-order valence-electron chi connectivity index (χ0n) is 14.7. The number of furan rings is 1. The summed E-state index contributed by atoms with van der Waals surface area (Å²) in [7, 11) is 2.87. The number of ether oxygens (including phenoxy) is 2. The molecular formula is C19H18N2O5. The molecule has 2 aromatic heterocycles. The lowest BCUT2D eigenvalue weighted by Crippen LogP contribution is -2.12. The van der Waals surface area contributed by atoms with E-state index in [9.17, 15) is 9.59 Å². The predicted molar refractivity (Wildman–Crippen MR) is 95.2 cm³/mol. The molecule has 3 rings (SSSR count). The van der Waals surface area contributed by atoms with Gasteiger partial charge in [0.15, 0.2) is 5.76 Å². The van der Waals surface area contributed by atoms with Crippen molar-refractivity contribution in [2.45, 2.75) is 13.5 Å². The number of fused-ring (bicyclic) bond motifs is 1. The third-order valence-electron chi connectivity index (χ3n) is 3.78. The molecule has 0 aliphatic rings. The molecule has 0 atom stereocenters. The molecule has 0 saturated heterocycles. The van der Waals surface area contributed by atoms with Crippen molar-refractivity contribution in [3.05, 3.63) is 59.2 Å². The van der Waals surface area contributed by atoms with Crippen LogP contribution in [0.1, 0.15) is 32.4 Å². The van der Waals surface area contributed by atoms with E-state index < -0.39 is 11.9 Å². The molecular weight excluding hydrogens is 336 g/mol. The van der Waals surface area contributed by atoms with Gasteiger partial charge in [-0.3, -0.25) is 9.78 Å². The third kappa shape index (κ3) is 3.57. The van der Waals surface area contributed by atoms with Gasteiger partial charge in [-0.15, -0.1) is 0 Å². The van der Waals surface area contributed by atoms with Crippen molar-refractivity contribution < 1.29 is 23.5 Å². The number of benzene rings is 1. The van der Waals surface area contributed by atoms with Gasteiger partial charge in [0.1, 0.15) is 12.4 Å². The average Bonchev–Trinajstić information content (AvgIpc) is 3.09. The number of nitrogens with one attached hydrogen (secondary N) is 1. The zero-order chi connectivity index (χ0) is 18.7. The lowest BCUT2D eigenvalue weighted by Gasteiger charge is -2.10. The van der Waals surface area contributed by atoms with Gasteiger partial charge in [-0.25, -0.2) is 4.79 Å². The summed E-state index contributed by atoms with van der Waals surface area (Å²) in [4.78, 5) is 28.7. The number of hydrogen-bond donors (Lipinski definition) is 1. The monoisotopic (exact) mass is 354 g/mol. The second-order valence-corrected chi connectivity index (χ2v) is 5.69. The number of aromatic nitrogens is 1. The van der Waals surface area contributed by atoms with Crippen LogP contribution in [0.5, 0.6) is 0 Å². The number of carbonyl (C=O) groups is 2. The Balaban J connectivity index is 1.97. The Morgan fingerprint density at radius 3 is 2.69 bits per heavy atom. The average molecular weight is 354 g/mol. The van der Waals surface area contributed by atoms with Gasteiger partial charge in [0.05, 0.1) is 23.9 Å². The fourth-order valence-corrected chi connectivity index (χ4v) is 2.61. The first-order valence-electron chi connectivity index (χ1n) is 7.90. The molecule has 0 radical (unpaired) electrons. The number of esters is 1. The number of carbonyl (C=O) groups excluding carboxylic acids is 2. The fourth-order valence-electron chi connectivity index (χ4n) is 2.61. The first-order valence-corrected chi connectivity index (χ1v) is 7.90. The fraction of sp³-hybridized carbons (Fsp3) is 0.211. The van der Waals surface area contributed by atoms with Crippen LogP contribution in [0.3, 0.4) is 0 Å². The minimum Gasteiger partial charge on any atom is -0.465 e. The molecule has 0 fully saturated rings. The summed E-state index contributed by atoms with van der Waals surface area (Å²) in [5.41, 5.74) is 2.31. The maximum atomic E-state index is 12.5. The van der Waals surface area contributed by atoms with Crippen molar-refractivity contribution in [1.82, 2.24) is 4.98 Å². The van der Waals surface area contributed by atoms with Gasteiger partial charge in [-0.1, -0.05) is 0 Å². The molecule has 134 valence electrons. The highest BCUT2D eigenvalue weighted by molar-refractivity contribution is 6.08. The van der Waals surface area contributed by atoms with Gasteiger partial charge >= 0.3 is 5.97 Å². The zero-order valence-corrected chi connectivity index (χ0v) is 14.7. The molecule has 7 nitrogen and oxygen atoms in total. The molecule has 1 amide bonds. The molecule has 0 aliphatic carbocycles. The highest BCUT2D eigenvalue weighted by Gasteiger charge is 2.15. The molecule has 0 unspecified atom stereocenters. The Labute approximate surface area is 149 Å². The van der Waals surface area contributed by atoms with Crippen molar-refractivity contribution in [1.29, 1.82) is 0 Å². The van der Waals surface area contributed by atoms with E-state index in [0.717, 1.165) is 5.69 Å². The smallest absolute Gasteiger partial charge is 0.337 e. The molecule has 0 saturated carbocycles. The van der Waals surface area contributed by atoms with Crippen LogP contribution in [0.2, 0.25) is 0 Å². The molecule has 1 aromatic carbocycles. The molecule has 0 bridgehead atoms. The summed E-state index contributed by atoms with van der Waals surface area (Å²) in [5, 5.41) is 3.45. The number of rotatable bonds is 5. The predicted octanol–water partition coefficient (Wildman–Crippen LogP) is 3.32. The second kappa shape index (κ2) is 7.37. The first-order chi connectivity index (χ1) is 12.5. The summed E-state index contributed by atoms with van der Waals surface area (Å²) in [5.74, 6) is -0.132. The van der Waals surface area contributed by atoms with Crippen molar-refractivity contribution >= 4 is 28.5 Å². The Kier molecular flexibility index (Phi) is 4.99. The van der Waals surface area contributed by atoms with E-state index in [1.165, 1.54) is 7.11 Å². The topological polar surface area (TPSA) is 90.7 Å². The van der Waals surface area contributed by atoms with Crippen LogP contribution in [-0.2, 0) is 16.1 Å². The summed E-state index contributed by atoms with van der Waals surface area (Å²) in [6.07, 6.45) is 0. The number of methoxy groups -OCH3 is 2. The second-order valence-electron chi connectivity index (χ2n) is 5.69. The van der Waals surface area contributed by atoms with Gasteiger partial charge in [0.2, 0.25) is 0 Å². The Morgan fingerprint density at radius 2 is 1.96 bits per heavy atom. The van der Waals surface area contributed by atoms with Gasteiger partial charge in [-0.2, -0.15) is 0 Å². The van der Waals surface area contributed by atoms with Crippen molar-refractivity contribution in [2.24, 2.45) is 0 Å². The van der Waals surface area contributed by atoms with E-state index in [1.54, 1.807) is 43.5 Å². The molecule has 2 heterocycles. The number of hydrogen-bond acceptors (Lipinski definition) is 6. The van der Waals surface area contributed by atoms with Gasteiger partial charge < -0.3 is 19.2 Å². The largest absolute Gasteiger partial charge is 0.465 e. The van der Waals surface area contributed by atoms with Gasteiger partial charge in [-0.05, 0) is 43.3 Å². The molecule has 1 N–H and O–H groups in total. The van der Waals surface area contributed by atoms with E-state index >= 15 is 0 Å². The highest BCUT2D eigenvalue weighted by Crippen LogP contribution is 2.25. The number of amides is 1. The van der Waals surface area contributed by atoms with Crippen molar-refractivity contribution in [2.75, 3.05) is 19.5 Å². The number of nitrogens with zero attached hydrogens (tertiary/aromatic N) is 1. The number of anilines is 1. The van der Waals surface area contributed by atoms with Gasteiger partial charge in [0.25, 0.3) is 5.91 Å². The quantitative estimate of drug-likeness (QED) is 0.707. The number of aryl methyl sites for hydroxylation is 1. The molecule has 0 aliphatic heterocycles. The van der Waals surface area contributed by atoms with E-state index in [1.807, 2.05) is 6.92 Å². The van der Waals surface area contributed by atoms with Crippen LogP contribution in [0.15, 0.2) is 40.8 Å². The Bertz CT molecular complexity index is 977. The first kappa shape index (κ1) is 17.6. The van der Waals surface area contributed by atoms with Crippen LogP contribution in [0.4, 0.5) is 5.69 Å². The maximum Gasteiger partial charge on any atom is 0.337 e. The third-order valence-corrected chi connectivity index (χ3v) is 3.78. The van der Waals surface area contributed by atoms with Crippen molar-refractivity contribution in [3.63, 3.8) is 0 Å². The normalized spacial score (nSPS) is 10.7. The van der Waals surface area contributed by atoms with Gasteiger partial charge in [0, 0.05) is 18.2 Å². The maximum absolute atomic E-state index is 12.5. The van der Waals surface area contributed by atoms with Crippen LogP contribution >= 0.6 is 0 Å². The summed E-state index contributed by atoms with van der Waals surface area (Å²) >= 11 is 0. The lowest BCUT2D eigenvalue weighted by atomic mass is 10.1. The minimum atomic E-state index is -0.458. The number of pyridine rings is 1.